The van der Waals surface area contributed by atoms with Crippen molar-refractivity contribution in [1.82, 2.24) is 10.1 Å². The summed E-state index contributed by atoms with van der Waals surface area (Å²) in [7, 11) is 1.68. The molecule has 0 amide bonds. The maximum absolute atomic E-state index is 12.4. The van der Waals surface area contributed by atoms with Crippen LogP contribution in [0.25, 0.3) is 11.4 Å². The lowest BCUT2D eigenvalue weighted by Crippen LogP contribution is -2.04. The summed E-state index contributed by atoms with van der Waals surface area (Å²) in [5.41, 5.74) is 1.47. The van der Waals surface area contributed by atoms with Gasteiger partial charge in [-0.05, 0) is 11.8 Å². The standard InChI is InChI=1S/C12H11BF3N3O/c1-7(6-17-13)8-2-4-9(5-3-8)10-18-11(20-19-10)12(14,15)16/h2-7H,13H2,1H3/b17-6-. The van der Waals surface area contributed by atoms with Crippen molar-refractivity contribution in [2.24, 2.45) is 4.90 Å². The van der Waals surface area contributed by atoms with Crippen molar-refractivity contribution >= 4 is 14.2 Å². The van der Waals surface area contributed by atoms with E-state index in [0.29, 0.717) is 5.56 Å². The smallest absolute Gasteiger partial charge is 0.362 e. The highest BCUT2D eigenvalue weighted by Crippen LogP contribution is 2.29. The highest BCUT2D eigenvalue weighted by molar-refractivity contribution is 6.09. The summed E-state index contributed by atoms with van der Waals surface area (Å²) < 4.78 is 41.3. The van der Waals surface area contributed by atoms with Crippen molar-refractivity contribution in [3.8, 4) is 11.4 Å². The van der Waals surface area contributed by atoms with Crippen molar-refractivity contribution in [2.75, 3.05) is 0 Å². The van der Waals surface area contributed by atoms with Crippen LogP contribution < -0.4 is 0 Å². The Bertz CT molecular complexity index is 607. The number of hydrogen-bond acceptors (Lipinski definition) is 4. The van der Waals surface area contributed by atoms with Gasteiger partial charge in [0.1, 0.15) is 0 Å². The van der Waals surface area contributed by atoms with Gasteiger partial charge < -0.3 is 9.43 Å². The number of nitrogens with zero attached hydrogens (tertiary/aromatic N) is 3. The van der Waals surface area contributed by atoms with Crippen LogP contribution in [0.1, 0.15) is 24.3 Å². The molecule has 1 atom stereocenters. The number of alkyl halides is 3. The Morgan fingerprint density at radius 1 is 1.30 bits per heavy atom. The quantitative estimate of drug-likeness (QED) is 0.641. The van der Waals surface area contributed by atoms with Crippen molar-refractivity contribution in [1.29, 1.82) is 0 Å². The van der Waals surface area contributed by atoms with E-state index in [2.05, 4.69) is 19.6 Å². The molecule has 1 aromatic heterocycles. The molecule has 8 heteroatoms. The molecule has 0 aliphatic carbocycles. The van der Waals surface area contributed by atoms with E-state index in [4.69, 9.17) is 0 Å². The van der Waals surface area contributed by atoms with E-state index in [1.807, 2.05) is 6.92 Å². The SMILES string of the molecule is B/N=C\C(C)c1ccc(-c2noc(C(F)(F)F)n2)cc1. The minimum absolute atomic E-state index is 0.0827. The number of benzene rings is 1. The van der Waals surface area contributed by atoms with Crippen LogP contribution in [0.5, 0.6) is 0 Å². The molecule has 0 aliphatic heterocycles. The Balaban J connectivity index is 2.24. The molecule has 4 nitrogen and oxygen atoms in total. The molecule has 0 radical (unpaired) electrons. The molecule has 20 heavy (non-hydrogen) atoms. The monoisotopic (exact) mass is 281 g/mol. The molecule has 0 saturated heterocycles. The van der Waals surface area contributed by atoms with Gasteiger partial charge in [0.25, 0.3) is 0 Å². The van der Waals surface area contributed by atoms with E-state index < -0.39 is 12.1 Å². The average molecular weight is 281 g/mol. The molecule has 0 saturated carbocycles. The van der Waals surface area contributed by atoms with Gasteiger partial charge in [0.05, 0.1) is 0 Å². The van der Waals surface area contributed by atoms with Crippen LogP contribution >= 0.6 is 0 Å². The molecular formula is C12H11BF3N3O. The summed E-state index contributed by atoms with van der Waals surface area (Å²) >= 11 is 0. The van der Waals surface area contributed by atoms with E-state index in [1.165, 1.54) is 0 Å². The number of rotatable bonds is 3. The van der Waals surface area contributed by atoms with Crippen molar-refractivity contribution in [2.45, 2.75) is 19.0 Å². The Labute approximate surface area is 114 Å². The largest absolute Gasteiger partial charge is 0.471 e. The first-order valence-corrected chi connectivity index (χ1v) is 5.85. The lowest BCUT2D eigenvalue weighted by molar-refractivity contribution is -0.159. The van der Waals surface area contributed by atoms with Crippen LogP contribution in [-0.2, 0) is 6.18 Å². The summed E-state index contributed by atoms with van der Waals surface area (Å²) in [6.45, 7) is 1.97. The normalized spacial score (nSPS) is 13.8. The summed E-state index contributed by atoms with van der Waals surface area (Å²) in [5.74, 6) is -1.30. The molecule has 1 heterocycles. The fraction of sp³-hybridized carbons (Fsp3) is 0.250. The number of halogens is 3. The minimum atomic E-state index is -4.63. The Kier molecular flexibility index (Phi) is 3.92. The van der Waals surface area contributed by atoms with Gasteiger partial charge in [0.15, 0.2) is 0 Å². The fourth-order valence-corrected chi connectivity index (χ4v) is 1.70. The predicted molar refractivity (Wildman–Crippen MR) is 70.2 cm³/mol. The maximum Gasteiger partial charge on any atom is 0.471 e. The summed E-state index contributed by atoms with van der Waals surface area (Å²) in [6, 6.07) is 6.90. The highest BCUT2D eigenvalue weighted by Gasteiger charge is 2.38. The van der Waals surface area contributed by atoms with Gasteiger partial charge in [-0.1, -0.05) is 36.3 Å². The maximum atomic E-state index is 12.4. The highest BCUT2D eigenvalue weighted by atomic mass is 19.4. The molecule has 2 rings (SSSR count). The number of aromatic nitrogens is 2. The van der Waals surface area contributed by atoms with E-state index >= 15 is 0 Å². The minimum Gasteiger partial charge on any atom is -0.362 e. The van der Waals surface area contributed by atoms with Crippen molar-refractivity contribution < 1.29 is 17.7 Å². The molecule has 2 aromatic rings. The lowest BCUT2D eigenvalue weighted by Gasteiger charge is -2.06. The van der Waals surface area contributed by atoms with Gasteiger partial charge in [-0.3, -0.25) is 0 Å². The zero-order valence-electron chi connectivity index (χ0n) is 10.8. The average Bonchev–Trinajstić information content (AvgIpc) is 2.89. The van der Waals surface area contributed by atoms with Gasteiger partial charge in [-0.15, -0.1) is 0 Å². The van der Waals surface area contributed by atoms with E-state index in [9.17, 15) is 13.2 Å². The van der Waals surface area contributed by atoms with E-state index in [1.54, 1.807) is 38.5 Å². The third-order valence-corrected chi connectivity index (χ3v) is 2.74. The van der Waals surface area contributed by atoms with Crippen LogP contribution in [0.4, 0.5) is 13.2 Å². The first-order chi connectivity index (χ1) is 9.41. The predicted octanol–water partition coefficient (Wildman–Crippen LogP) is 2.48. The second-order valence-electron chi connectivity index (χ2n) is 4.24. The first kappa shape index (κ1) is 14.3. The molecule has 0 aliphatic rings. The van der Waals surface area contributed by atoms with Crippen LogP contribution in [-0.4, -0.2) is 24.3 Å². The molecule has 1 unspecified atom stereocenters. The Morgan fingerprint density at radius 2 is 1.95 bits per heavy atom. The van der Waals surface area contributed by atoms with E-state index in [0.717, 1.165) is 5.56 Å². The van der Waals surface area contributed by atoms with Gasteiger partial charge >= 0.3 is 12.1 Å². The first-order valence-electron chi connectivity index (χ1n) is 5.85. The topological polar surface area (TPSA) is 51.3 Å². The van der Waals surface area contributed by atoms with Gasteiger partial charge in [-0.25, -0.2) is 0 Å². The van der Waals surface area contributed by atoms with Crippen LogP contribution in [0.3, 0.4) is 0 Å². The second-order valence-corrected chi connectivity index (χ2v) is 4.24. The van der Waals surface area contributed by atoms with Gasteiger partial charge in [0, 0.05) is 11.5 Å². The van der Waals surface area contributed by atoms with E-state index in [-0.39, 0.29) is 11.7 Å². The molecule has 0 bridgehead atoms. The Morgan fingerprint density at radius 3 is 2.45 bits per heavy atom. The molecular weight excluding hydrogens is 270 g/mol. The van der Waals surface area contributed by atoms with Gasteiger partial charge in [0.2, 0.25) is 13.8 Å². The molecule has 0 N–H and O–H groups in total. The lowest BCUT2D eigenvalue weighted by atomic mass is 10.0. The summed E-state index contributed by atoms with van der Waals surface area (Å²) in [4.78, 5) is 7.27. The van der Waals surface area contributed by atoms with Crippen molar-refractivity contribution in [3.63, 3.8) is 0 Å². The number of hydrogen-bond donors (Lipinski definition) is 0. The second kappa shape index (κ2) is 5.48. The van der Waals surface area contributed by atoms with Gasteiger partial charge in [-0.2, -0.15) is 18.2 Å². The van der Waals surface area contributed by atoms with Crippen LogP contribution in [0.15, 0.2) is 33.7 Å². The molecule has 104 valence electrons. The molecule has 0 spiro atoms. The van der Waals surface area contributed by atoms with Crippen LogP contribution in [0.2, 0.25) is 0 Å². The zero-order chi connectivity index (χ0) is 14.8. The third kappa shape index (κ3) is 3.07. The van der Waals surface area contributed by atoms with Crippen molar-refractivity contribution in [3.05, 3.63) is 35.7 Å². The summed E-state index contributed by atoms with van der Waals surface area (Å²) in [6.07, 6.45) is -2.84. The molecule has 0 fully saturated rings. The Hall–Kier alpha value is -2.12. The molecule has 1 aromatic carbocycles. The fourth-order valence-electron chi connectivity index (χ4n) is 1.70. The van der Waals surface area contributed by atoms with Crippen LogP contribution in [0, 0.1) is 0 Å². The third-order valence-electron chi connectivity index (χ3n) is 2.74. The zero-order valence-corrected chi connectivity index (χ0v) is 10.8. The summed E-state index contributed by atoms with van der Waals surface area (Å²) in [5, 5.41) is 3.33.